The van der Waals surface area contributed by atoms with Gasteiger partial charge in [-0.05, 0) is 13.0 Å². The minimum atomic E-state index is -0.221. The molecule has 1 N–H and O–H groups in total. The van der Waals surface area contributed by atoms with Crippen molar-refractivity contribution in [3.05, 3.63) is 51.7 Å². The Bertz CT molecular complexity index is 1050. The number of benzene rings is 1. The van der Waals surface area contributed by atoms with Gasteiger partial charge in [-0.1, -0.05) is 29.3 Å². The number of carbonyl (C=O) groups excluding carboxylic acids is 1. The van der Waals surface area contributed by atoms with Crippen molar-refractivity contribution in [2.75, 3.05) is 26.9 Å². The molecule has 2 aromatic heterocycles. The Morgan fingerprint density at radius 2 is 2.03 bits per heavy atom. The van der Waals surface area contributed by atoms with Crippen LogP contribution in [-0.4, -0.2) is 52.6 Å². The second-order valence-corrected chi connectivity index (χ2v) is 7.59. The largest absolute Gasteiger partial charge is 0.488 e. The highest BCUT2D eigenvalue weighted by molar-refractivity contribution is 6.45. The van der Waals surface area contributed by atoms with Crippen LogP contribution in [-0.2, 0) is 11.2 Å². The fourth-order valence-corrected chi connectivity index (χ4v) is 4.05. The van der Waals surface area contributed by atoms with E-state index in [1.807, 2.05) is 13.0 Å². The third-order valence-electron chi connectivity index (χ3n) is 5.11. The van der Waals surface area contributed by atoms with Gasteiger partial charge in [0.15, 0.2) is 5.75 Å². The fraction of sp³-hybridized carbons (Fsp3) is 0.350. The van der Waals surface area contributed by atoms with Gasteiger partial charge >= 0.3 is 0 Å². The quantitative estimate of drug-likeness (QED) is 0.612. The van der Waals surface area contributed by atoms with Gasteiger partial charge < -0.3 is 19.4 Å². The van der Waals surface area contributed by atoms with Crippen molar-refractivity contribution in [1.29, 1.82) is 0 Å². The molecule has 0 spiro atoms. The number of ether oxygens (including phenoxy) is 2. The van der Waals surface area contributed by atoms with Crippen molar-refractivity contribution < 1.29 is 14.3 Å². The van der Waals surface area contributed by atoms with Gasteiger partial charge in [0.25, 0.3) is 5.91 Å². The highest BCUT2D eigenvalue weighted by atomic mass is 35.5. The molecule has 1 amide bonds. The van der Waals surface area contributed by atoms with Crippen molar-refractivity contribution in [3.63, 3.8) is 0 Å². The van der Waals surface area contributed by atoms with Crippen LogP contribution in [0.25, 0.3) is 10.9 Å². The molecule has 1 aliphatic heterocycles. The van der Waals surface area contributed by atoms with Crippen LogP contribution in [0.1, 0.15) is 34.8 Å². The van der Waals surface area contributed by atoms with Crippen LogP contribution in [0, 0.1) is 0 Å². The van der Waals surface area contributed by atoms with E-state index in [1.54, 1.807) is 18.1 Å². The Balaban J connectivity index is 1.58. The zero-order valence-corrected chi connectivity index (χ0v) is 17.5. The molecule has 0 radical (unpaired) electrons. The Morgan fingerprint density at radius 1 is 1.28 bits per heavy atom. The van der Waals surface area contributed by atoms with E-state index < -0.39 is 0 Å². The lowest BCUT2D eigenvalue weighted by Gasteiger charge is -2.33. The van der Waals surface area contributed by atoms with Crippen LogP contribution < -0.4 is 4.74 Å². The average Bonchev–Trinajstić information content (AvgIpc) is 3.11. The van der Waals surface area contributed by atoms with Crippen molar-refractivity contribution in [2.45, 2.75) is 19.4 Å². The summed E-state index contributed by atoms with van der Waals surface area (Å²) in [5.41, 5.74) is 2.93. The highest BCUT2D eigenvalue weighted by Gasteiger charge is 2.32. The summed E-state index contributed by atoms with van der Waals surface area (Å²) in [7, 11) is 1.60. The number of aromatic nitrogens is 3. The molecule has 0 fully saturated rings. The van der Waals surface area contributed by atoms with E-state index in [0.717, 1.165) is 22.2 Å². The molecule has 1 aliphatic rings. The zero-order valence-electron chi connectivity index (χ0n) is 16.0. The van der Waals surface area contributed by atoms with Gasteiger partial charge in [-0.25, -0.2) is 9.97 Å². The maximum absolute atomic E-state index is 13.1. The normalized spacial score (nSPS) is 16.1. The third-order valence-corrected chi connectivity index (χ3v) is 5.91. The highest BCUT2D eigenvalue weighted by Crippen LogP contribution is 2.40. The van der Waals surface area contributed by atoms with Gasteiger partial charge in [-0.15, -0.1) is 0 Å². The average molecular weight is 435 g/mol. The van der Waals surface area contributed by atoms with Crippen LogP contribution >= 0.6 is 23.2 Å². The van der Waals surface area contributed by atoms with Gasteiger partial charge in [0.1, 0.15) is 6.61 Å². The molecule has 0 aliphatic carbocycles. The predicted octanol–water partition coefficient (Wildman–Crippen LogP) is 4.05. The molecule has 0 unspecified atom stereocenters. The van der Waals surface area contributed by atoms with E-state index in [1.165, 1.54) is 12.4 Å². The molecular formula is C20H20Cl2N4O3. The fourth-order valence-electron chi connectivity index (χ4n) is 3.68. The third kappa shape index (κ3) is 3.66. The van der Waals surface area contributed by atoms with Crippen molar-refractivity contribution in [2.24, 2.45) is 0 Å². The maximum Gasteiger partial charge on any atom is 0.292 e. The second kappa shape index (κ2) is 8.18. The number of methoxy groups -OCH3 is 1. The molecule has 7 nitrogen and oxygen atoms in total. The number of hydrogen-bond donors (Lipinski definition) is 1. The maximum atomic E-state index is 13.1. The van der Waals surface area contributed by atoms with Crippen LogP contribution in [0.15, 0.2) is 24.5 Å². The first-order chi connectivity index (χ1) is 14.0. The Kier molecular flexibility index (Phi) is 5.63. The first kappa shape index (κ1) is 19.9. The monoisotopic (exact) mass is 434 g/mol. The lowest BCUT2D eigenvalue weighted by Crippen LogP contribution is -2.39. The van der Waals surface area contributed by atoms with E-state index >= 15 is 0 Å². The minimum Gasteiger partial charge on any atom is -0.488 e. The first-order valence-electron chi connectivity index (χ1n) is 9.24. The van der Waals surface area contributed by atoms with Crippen molar-refractivity contribution >= 4 is 40.0 Å². The number of H-pyrrole nitrogens is 1. The molecule has 0 bridgehead atoms. The summed E-state index contributed by atoms with van der Waals surface area (Å²) in [6.07, 6.45) is 3.69. The zero-order chi connectivity index (χ0) is 20.5. The Morgan fingerprint density at radius 3 is 2.76 bits per heavy atom. The molecule has 0 saturated heterocycles. The summed E-state index contributed by atoms with van der Waals surface area (Å²) >= 11 is 12.5. The van der Waals surface area contributed by atoms with Gasteiger partial charge in [0.2, 0.25) is 5.82 Å². The summed E-state index contributed by atoms with van der Waals surface area (Å²) < 4.78 is 10.4. The number of fused-ring (bicyclic) bond motifs is 3. The van der Waals surface area contributed by atoms with Crippen LogP contribution in [0.5, 0.6) is 5.75 Å². The lowest BCUT2D eigenvalue weighted by molar-refractivity contribution is 0.0665. The number of amides is 1. The van der Waals surface area contributed by atoms with Crippen LogP contribution in [0.2, 0.25) is 10.0 Å². The molecule has 0 saturated carbocycles. The summed E-state index contributed by atoms with van der Waals surface area (Å²) in [6, 6.07) is 3.56. The first-order valence-corrected chi connectivity index (χ1v) is 10.00. The Hall–Kier alpha value is -2.35. The smallest absolute Gasteiger partial charge is 0.292 e. The van der Waals surface area contributed by atoms with Crippen molar-refractivity contribution in [1.82, 2.24) is 19.9 Å². The standard InChI is InChI=1S/C20H20Cl2N4O3/c1-11-16-13-3-4-14(21)17(22)18(13)25-15(16)5-6-26(11)20(27)19-23-9-12(10-24-19)29-8-7-28-2/h3-4,9-11,25H,5-8H2,1-2H3/t11-/m1/s1. The number of halogens is 2. The molecule has 3 aromatic rings. The van der Waals surface area contributed by atoms with Crippen LogP contribution in [0.3, 0.4) is 0 Å². The van der Waals surface area contributed by atoms with E-state index in [-0.39, 0.29) is 17.8 Å². The molecule has 9 heteroatoms. The number of hydrogen-bond acceptors (Lipinski definition) is 5. The van der Waals surface area contributed by atoms with Crippen LogP contribution in [0.4, 0.5) is 0 Å². The molecule has 1 aromatic carbocycles. The summed E-state index contributed by atoms with van der Waals surface area (Å²) in [5.74, 6) is 0.414. The number of carbonyl (C=O) groups is 1. The number of nitrogens with one attached hydrogen (secondary N) is 1. The van der Waals surface area contributed by atoms with Gasteiger partial charge in [0, 0.05) is 36.7 Å². The molecular weight excluding hydrogens is 415 g/mol. The second-order valence-electron chi connectivity index (χ2n) is 6.81. The van der Waals surface area contributed by atoms with E-state index in [4.69, 9.17) is 32.7 Å². The van der Waals surface area contributed by atoms with Crippen molar-refractivity contribution in [3.8, 4) is 5.75 Å². The summed E-state index contributed by atoms with van der Waals surface area (Å²) in [5, 5.41) is 1.97. The van der Waals surface area contributed by atoms with E-state index in [2.05, 4.69) is 15.0 Å². The van der Waals surface area contributed by atoms with E-state index in [9.17, 15) is 4.79 Å². The summed E-state index contributed by atoms with van der Waals surface area (Å²) in [4.78, 5) is 26.6. The SMILES string of the molecule is COCCOc1cnc(C(=O)N2CCc3[nH]c4c(Cl)c(Cl)ccc4c3[C@H]2C)nc1. The lowest BCUT2D eigenvalue weighted by atomic mass is 9.97. The molecule has 29 heavy (non-hydrogen) atoms. The molecule has 152 valence electrons. The molecule has 3 heterocycles. The molecule has 4 rings (SSSR count). The number of aromatic amines is 1. The van der Waals surface area contributed by atoms with E-state index in [0.29, 0.717) is 42.0 Å². The topological polar surface area (TPSA) is 80.3 Å². The minimum absolute atomic E-state index is 0.139. The summed E-state index contributed by atoms with van der Waals surface area (Å²) in [6.45, 7) is 3.41. The Labute approximate surface area is 177 Å². The van der Waals surface area contributed by atoms with Gasteiger partial charge in [-0.3, -0.25) is 4.79 Å². The molecule has 1 atom stereocenters. The number of rotatable bonds is 5. The van der Waals surface area contributed by atoms with Gasteiger partial charge in [0.05, 0.1) is 40.6 Å². The van der Waals surface area contributed by atoms with Gasteiger partial charge in [-0.2, -0.15) is 0 Å². The predicted molar refractivity (Wildman–Crippen MR) is 111 cm³/mol. The number of nitrogens with zero attached hydrogens (tertiary/aromatic N) is 3.